The highest BCUT2D eigenvalue weighted by molar-refractivity contribution is 6.35. The zero-order valence-corrected chi connectivity index (χ0v) is 17.1. The first-order valence-electron chi connectivity index (χ1n) is 8.86. The van der Waals surface area contributed by atoms with Crippen LogP contribution in [0.5, 0.6) is 5.75 Å². The number of hydrogen-bond acceptors (Lipinski definition) is 4. The molecule has 0 spiro atoms. The first-order chi connectivity index (χ1) is 13.9. The van der Waals surface area contributed by atoms with E-state index < -0.39 is 12.1 Å². The minimum atomic E-state index is -0.741. The molecule has 1 fully saturated rings. The number of amides is 4. The Morgan fingerprint density at radius 1 is 1.14 bits per heavy atom. The summed E-state index contributed by atoms with van der Waals surface area (Å²) in [6.07, 6.45) is 0.237. The number of hydrogen-bond donors (Lipinski definition) is 2. The number of nitrogens with zero attached hydrogens (tertiary/aromatic N) is 1. The summed E-state index contributed by atoms with van der Waals surface area (Å²) in [6.45, 7) is 0.151. The second-order valence-corrected chi connectivity index (χ2v) is 7.39. The standard InChI is InChI=1S/C20H19Cl2N3O4/c1-29-16-4-2-12(3-5-16)11-25-19(27)17(24-20(25)28)6-7-18(26)23-15-9-13(21)8-14(22)10-15/h2-5,8-10,17H,6-7,11H2,1H3,(H,23,26)(H,24,28). The molecule has 29 heavy (non-hydrogen) atoms. The number of anilines is 1. The lowest BCUT2D eigenvalue weighted by Gasteiger charge is -2.13. The van der Waals surface area contributed by atoms with E-state index in [0.717, 1.165) is 10.5 Å². The number of halogens is 2. The van der Waals surface area contributed by atoms with E-state index in [4.69, 9.17) is 27.9 Å². The average molecular weight is 436 g/mol. The van der Waals surface area contributed by atoms with Crippen molar-refractivity contribution >= 4 is 46.7 Å². The van der Waals surface area contributed by atoms with Crippen molar-refractivity contribution in [3.63, 3.8) is 0 Å². The molecule has 9 heteroatoms. The van der Waals surface area contributed by atoms with Gasteiger partial charge in [0.2, 0.25) is 5.91 Å². The van der Waals surface area contributed by atoms with Gasteiger partial charge in [0.1, 0.15) is 11.8 Å². The molecule has 2 N–H and O–H groups in total. The van der Waals surface area contributed by atoms with Crippen molar-refractivity contribution in [3.05, 3.63) is 58.1 Å². The van der Waals surface area contributed by atoms with Gasteiger partial charge in [-0.25, -0.2) is 4.79 Å². The van der Waals surface area contributed by atoms with Crippen molar-refractivity contribution in [2.75, 3.05) is 12.4 Å². The van der Waals surface area contributed by atoms with Crippen molar-refractivity contribution in [2.45, 2.75) is 25.4 Å². The van der Waals surface area contributed by atoms with Crippen LogP contribution in [-0.4, -0.2) is 35.9 Å². The number of urea groups is 1. The summed E-state index contributed by atoms with van der Waals surface area (Å²) in [5, 5.41) is 6.11. The molecule has 0 bridgehead atoms. The van der Waals surface area contributed by atoms with Crippen LogP contribution in [0.3, 0.4) is 0 Å². The van der Waals surface area contributed by atoms with Crippen LogP contribution in [0, 0.1) is 0 Å². The van der Waals surface area contributed by atoms with Crippen LogP contribution in [-0.2, 0) is 16.1 Å². The maximum Gasteiger partial charge on any atom is 0.325 e. The van der Waals surface area contributed by atoms with Gasteiger partial charge < -0.3 is 15.4 Å². The molecule has 0 aliphatic carbocycles. The predicted octanol–water partition coefficient (Wildman–Crippen LogP) is 3.84. The Hall–Kier alpha value is -2.77. The molecule has 3 rings (SSSR count). The fourth-order valence-corrected chi connectivity index (χ4v) is 3.49. The second kappa shape index (κ2) is 9.15. The Balaban J connectivity index is 1.54. The van der Waals surface area contributed by atoms with Gasteiger partial charge in [-0.3, -0.25) is 14.5 Å². The van der Waals surface area contributed by atoms with Gasteiger partial charge in [-0.1, -0.05) is 35.3 Å². The number of carbonyl (C=O) groups is 3. The number of methoxy groups -OCH3 is 1. The summed E-state index contributed by atoms with van der Waals surface area (Å²) in [6, 6.07) is 10.6. The summed E-state index contributed by atoms with van der Waals surface area (Å²) < 4.78 is 5.10. The fourth-order valence-electron chi connectivity index (χ4n) is 2.96. The monoisotopic (exact) mass is 435 g/mol. The highest BCUT2D eigenvalue weighted by atomic mass is 35.5. The third-order valence-corrected chi connectivity index (χ3v) is 4.85. The molecule has 152 valence electrons. The van der Waals surface area contributed by atoms with Gasteiger partial charge in [-0.05, 0) is 42.3 Å². The van der Waals surface area contributed by atoms with Crippen molar-refractivity contribution in [3.8, 4) is 5.75 Å². The first kappa shape index (κ1) is 21.0. The molecule has 4 amide bonds. The number of ether oxygens (including phenoxy) is 1. The molecular weight excluding hydrogens is 417 g/mol. The Bertz CT molecular complexity index is 914. The van der Waals surface area contributed by atoms with Gasteiger partial charge in [0.15, 0.2) is 0 Å². The number of nitrogens with one attached hydrogen (secondary N) is 2. The van der Waals surface area contributed by atoms with E-state index in [1.807, 2.05) is 0 Å². The summed E-state index contributed by atoms with van der Waals surface area (Å²) in [5.74, 6) is 0.0271. The van der Waals surface area contributed by atoms with Gasteiger partial charge in [0, 0.05) is 22.2 Å². The molecule has 1 atom stereocenters. The van der Waals surface area contributed by atoms with E-state index in [1.54, 1.807) is 49.6 Å². The number of benzene rings is 2. The van der Waals surface area contributed by atoms with Crippen molar-refractivity contribution in [2.24, 2.45) is 0 Å². The Morgan fingerprint density at radius 3 is 2.41 bits per heavy atom. The van der Waals surface area contributed by atoms with Crippen LogP contribution in [0.2, 0.25) is 10.0 Å². The molecule has 1 aliphatic heterocycles. The highest BCUT2D eigenvalue weighted by Crippen LogP contribution is 2.23. The van der Waals surface area contributed by atoms with E-state index in [9.17, 15) is 14.4 Å². The topological polar surface area (TPSA) is 87.7 Å². The van der Waals surface area contributed by atoms with Gasteiger partial charge in [-0.15, -0.1) is 0 Å². The van der Waals surface area contributed by atoms with Gasteiger partial charge >= 0.3 is 6.03 Å². The molecule has 1 saturated heterocycles. The van der Waals surface area contributed by atoms with Gasteiger partial charge in [0.05, 0.1) is 13.7 Å². The zero-order valence-electron chi connectivity index (χ0n) is 15.6. The van der Waals surface area contributed by atoms with E-state index in [1.165, 1.54) is 0 Å². The molecule has 1 aliphatic rings. The lowest BCUT2D eigenvalue weighted by atomic mass is 10.1. The van der Waals surface area contributed by atoms with Crippen LogP contribution < -0.4 is 15.4 Å². The first-order valence-corrected chi connectivity index (χ1v) is 9.62. The van der Waals surface area contributed by atoms with Crippen molar-refractivity contribution in [1.82, 2.24) is 10.2 Å². The molecule has 7 nitrogen and oxygen atoms in total. The lowest BCUT2D eigenvalue weighted by Crippen LogP contribution is -2.31. The smallest absolute Gasteiger partial charge is 0.325 e. The molecular formula is C20H19Cl2N3O4. The Labute approximate surface area is 177 Å². The van der Waals surface area contributed by atoms with E-state index in [0.29, 0.717) is 21.5 Å². The fraction of sp³-hybridized carbons (Fsp3) is 0.250. The van der Waals surface area contributed by atoms with Crippen molar-refractivity contribution in [1.29, 1.82) is 0 Å². The number of imide groups is 1. The lowest BCUT2D eigenvalue weighted by molar-refractivity contribution is -0.128. The maximum absolute atomic E-state index is 12.6. The van der Waals surface area contributed by atoms with Crippen LogP contribution >= 0.6 is 23.2 Å². The normalized spacial score (nSPS) is 16.0. The third-order valence-electron chi connectivity index (χ3n) is 4.41. The zero-order chi connectivity index (χ0) is 21.0. The van der Waals surface area contributed by atoms with E-state index >= 15 is 0 Å². The van der Waals surface area contributed by atoms with Gasteiger partial charge in [-0.2, -0.15) is 0 Å². The second-order valence-electron chi connectivity index (χ2n) is 6.52. The van der Waals surface area contributed by atoms with Crippen LogP contribution in [0.1, 0.15) is 18.4 Å². The quantitative estimate of drug-likeness (QED) is 0.646. The third kappa shape index (κ3) is 5.40. The molecule has 0 saturated carbocycles. The maximum atomic E-state index is 12.6. The van der Waals surface area contributed by atoms with Crippen molar-refractivity contribution < 1.29 is 19.1 Å². The number of carbonyl (C=O) groups excluding carboxylic acids is 3. The Morgan fingerprint density at radius 2 is 1.79 bits per heavy atom. The SMILES string of the molecule is COc1ccc(CN2C(=O)NC(CCC(=O)Nc3cc(Cl)cc(Cl)c3)C2=O)cc1. The summed E-state index contributed by atoms with van der Waals surface area (Å²) in [5.41, 5.74) is 1.26. The minimum Gasteiger partial charge on any atom is -0.497 e. The number of rotatable bonds is 7. The highest BCUT2D eigenvalue weighted by Gasteiger charge is 2.37. The van der Waals surface area contributed by atoms with Crippen LogP contribution in [0.15, 0.2) is 42.5 Å². The minimum absolute atomic E-state index is 0.0528. The van der Waals surface area contributed by atoms with E-state index in [-0.39, 0.29) is 31.2 Å². The summed E-state index contributed by atoms with van der Waals surface area (Å²) in [7, 11) is 1.56. The largest absolute Gasteiger partial charge is 0.497 e. The van der Waals surface area contributed by atoms with Gasteiger partial charge in [0.25, 0.3) is 5.91 Å². The Kier molecular flexibility index (Phi) is 6.61. The molecule has 0 aromatic heterocycles. The average Bonchev–Trinajstić information content (AvgIpc) is 2.93. The molecule has 2 aromatic carbocycles. The molecule has 0 radical (unpaired) electrons. The van der Waals surface area contributed by atoms with Crippen LogP contribution in [0.4, 0.5) is 10.5 Å². The van der Waals surface area contributed by atoms with E-state index in [2.05, 4.69) is 10.6 Å². The molecule has 2 aromatic rings. The predicted molar refractivity (Wildman–Crippen MR) is 110 cm³/mol. The summed E-state index contributed by atoms with van der Waals surface area (Å²) in [4.78, 5) is 38.0. The van der Waals surface area contributed by atoms with Crippen LogP contribution in [0.25, 0.3) is 0 Å². The molecule has 1 heterocycles. The molecule has 1 unspecified atom stereocenters. The summed E-state index contributed by atoms with van der Waals surface area (Å²) >= 11 is 11.8.